The van der Waals surface area contributed by atoms with Gasteiger partial charge in [-0.05, 0) is 151 Å². The number of thiazole rings is 4. The van der Waals surface area contributed by atoms with Gasteiger partial charge in [0.2, 0.25) is 0 Å². The largest absolute Gasteiger partial charge is 1.00 e. The third-order valence-corrected chi connectivity index (χ3v) is 28.5. The molecular weight excluding hydrogens is 2300 g/mol. The number of hydrogen-bond acceptors (Lipinski definition) is 35. The first kappa shape index (κ1) is 119. The number of halogens is 10. The average Bonchev–Trinajstić information content (AvgIpc) is 1.63. The molecule has 50 heteroatoms. The number of allylic oxidation sites excluding steroid dienone is 4. The third-order valence-electron chi connectivity index (χ3n) is 19.9. The summed E-state index contributed by atoms with van der Waals surface area (Å²) in [5.74, 6) is -5.78. The standard InChI is InChI=1S/C24H25BrFN3O6S.2C21H21BrFN3O4S2.C17H14Br2FN3O2S.C6H10O3.CH3F.B.2Na.2H/c1-4-33-22(30)15(23(31)34-5-2)12-17-18(24(32)35-6-3)19(14-8-7-13(26)11-16(14)25)29-20(28-17)21-27-9-10-36-21;2*1-3-30-21(27)17-16-8-12(11-32(2,28)29)10-26(16)19(20-24-6-7-31-20)25-18(17)14-5-4-13(23)9-15(14)22;1-2-25-17(24)13-12(8-18)22-15(16-21-5-6-26-16)23-14(13)10-4-3-9(20)7-11(10)19;1-3-9-6(8)4-5(2)7;1-2;;;;;/h7-11,15,19H,4-6,12H2,1-3H3,(H,28,29);2*4-7,9,12,18H,3,8,10-11H2,1-2H3;3-7,14H,2,8H2,1H3,(H,22,23);3-4H2,1-2H3;1H3;;;;;/q;;;;;;;2*+1;2*-1/t19-;12-,18+;12-,18-;14-;;;;;;;/m0100......./s1/i;;;;;1D;;;;;. The molecule has 2 fully saturated rings. The van der Waals surface area contributed by atoms with Gasteiger partial charge >= 0.3 is 101 Å². The van der Waals surface area contributed by atoms with E-state index >= 15 is 0 Å². The van der Waals surface area contributed by atoms with Crippen molar-refractivity contribution in [2.24, 2.45) is 37.7 Å². The zero-order valence-corrected chi connectivity index (χ0v) is 94.5. The Hall–Kier alpha value is -7.79. The Kier molecular flexibility index (Phi) is 49.2. The third kappa shape index (κ3) is 32.9. The molecule has 0 unspecified atom stereocenters. The van der Waals surface area contributed by atoms with E-state index in [0.717, 1.165) is 0 Å². The molecule has 2 N–H and O–H groups in total. The zero-order valence-electron chi connectivity index (χ0n) is 80.6. The molecule has 14 rings (SSSR count). The Morgan fingerprint density at radius 3 is 1.04 bits per heavy atom. The molecule has 140 heavy (non-hydrogen) atoms. The number of ketones is 1. The summed E-state index contributed by atoms with van der Waals surface area (Å²) in [6.07, 6.45) is 9.46. The number of carbonyl (C=O) groups is 8. The number of sulfone groups is 2. The fourth-order valence-electron chi connectivity index (χ4n) is 14.8. The maximum atomic E-state index is 13.9. The molecule has 0 saturated carbocycles. The van der Waals surface area contributed by atoms with Gasteiger partial charge in [0.15, 0.2) is 49.3 Å². The molecule has 0 bridgehead atoms. The first-order chi connectivity index (χ1) is 65.8. The van der Waals surface area contributed by atoms with Crippen LogP contribution < -0.4 is 69.7 Å². The molecule has 6 aliphatic rings. The van der Waals surface area contributed by atoms with Crippen molar-refractivity contribution in [3.63, 3.8) is 0 Å². The molecule has 31 nitrogen and oxygen atoms in total. The van der Waals surface area contributed by atoms with Crippen LogP contribution in [0.1, 0.15) is 152 Å². The minimum absolute atomic E-state index is 0. The Morgan fingerprint density at radius 1 is 0.471 bits per heavy atom. The number of carbonyl (C=O) groups excluding carboxylic acids is 8. The first-order valence-corrected chi connectivity index (χ1v) is 53.9. The number of esters is 7. The van der Waals surface area contributed by atoms with Gasteiger partial charge in [-0.2, -0.15) is 0 Å². The van der Waals surface area contributed by atoms with Gasteiger partial charge < -0.3 is 56.4 Å². The number of Topliss-reactive ketones (excluding diaryl/α,β-unsaturated/α-hetero) is 1. The molecule has 0 amide bonds. The van der Waals surface area contributed by atoms with Crippen LogP contribution in [0.15, 0.2) is 202 Å². The average molecular weight is 2390 g/mol. The summed E-state index contributed by atoms with van der Waals surface area (Å²) in [4.78, 5) is 138. The number of aliphatic imine (C=N–C) groups is 4. The van der Waals surface area contributed by atoms with Gasteiger partial charge in [-0.1, -0.05) is 104 Å². The van der Waals surface area contributed by atoms with Crippen LogP contribution in [-0.2, 0) is 91.2 Å². The molecule has 3 radical (unpaired) electrons. The second-order valence-electron chi connectivity index (χ2n) is 29.7. The van der Waals surface area contributed by atoms with Crippen LogP contribution in [0.4, 0.5) is 22.0 Å². The van der Waals surface area contributed by atoms with Crippen molar-refractivity contribution in [1.82, 2.24) is 40.4 Å². The summed E-state index contributed by atoms with van der Waals surface area (Å²) >= 11 is 22.5. The summed E-state index contributed by atoms with van der Waals surface area (Å²) in [7, 11) is -7.43. The van der Waals surface area contributed by atoms with Crippen LogP contribution in [0.3, 0.4) is 0 Å². The summed E-state index contributed by atoms with van der Waals surface area (Å²) in [5, 5.41) is 16.4. The number of alkyl halides is 2. The number of rotatable bonds is 30. The van der Waals surface area contributed by atoms with Gasteiger partial charge in [0.1, 0.15) is 79.3 Å². The van der Waals surface area contributed by atoms with Crippen molar-refractivity contribution >= 4 is 224 Å². The van der Waals surface area contributed by atoms with E-state index in [2.05, 4.69) is 120 Å². The summed E-state index contributed by atoms with van der Waals surface area (Å²) in [6, 6.07) is 13.7. The zero-order chi connectivity index (χ0) is 101. The minimum atomic E-state index is -3.21. The van der Waals surface area contributed by atoms with Gasteiger partial charge in [0.25, 0.3) is 0 Å². The molecule has 4 aromatic carbocycles. The van der Waals surface area contributed by atoms with E-state index in [1.165, 1.54) is 119 Å². The van der Waals surface area contributed by atoms with E-state index in [1.54, 1.807) is 96.8 Å². The molecule has 4 aromatic heterocycles. The van der Waals surface area contributed by atoms with E-state index in [9.17, 15) is 77.1 Å². The Labute approximate surface area is 914 Å². The number of ether oxygens (including phenoxy) is 7. The number of aromatic nitrogens is 4. The van der Waals surface area contributed by atoms with E-state index in [0.29, 0.717) is 155 Å². The molecule has 6 atom stereocenters. The van der Waals surface area contributed by atoms with Crippen LogP contribution in [-0.4, -0.2) is 222 Å². The monoisotopic (exact) mass is 2390 g/mol. The van der Waals surface area contributed by atoms with Crippen LogP contribution in [0, 0.1) is 41.0 Å². The Morgan fingerprint density at radius 2 is 0.764 bits per heavy atom. The SMILES string of the molecule is CCOC(=O)C1=C(CBr)NC(c2nccs2)=N[C@H]1c1ccc(F)cc1Br.CCOC(=O)C1=C(CC(C(=O)OCC)C(=O)OCC)NC(c2nccs2)=N[C@H]1c1ccc(F)cc1Br.CCOC(=O)C1=C2C[C@@H](CS(C)(=O)=O)CN2C(c2nccs2)=N[C@H]1c1ccc(F)cc1Br.CCOC(=O)C1=C2C[C@H](CS(C)(=O)=O)CN2C(c2nccs2)=N[C@H]1c1ccc(F)cc1Br.CCOC(=O)CC(C)=O.[2H]CF.[B].[H-].[H-].[Na+].[Na+]. The molecule has 0 aliphatic carbocycles. The molecule has 0 spiro atoms. The fourth-order valence-corrected chi connectivity index (χ4v) is 22.1. The number of amidine groups is 4. The van der Waals surface area contributed by atoms with Crippen molar-refractivity contribution in [2.45, 2.75) is 105 Å². The second kappa shape index (κ2) is 57.8. The van der Waals surface area contributed by atoms with Gasteiger partial charge in [0, 0.05) is 133 Å². The van der Waals surface area contributed by atoms with E-state index in [4.69, 9.17) is 44.8 Å². The summed E-state index contributed by atoms with van der Waals surface area (Å²) in [6.45, 7) is 15.1. The first-order valence-electron chi connectivity index (χ1n) is 42.6. The summed E-state index contributed by atoms with van der Waals surface area (Å²) in [5.41, 5.74) is 5.75. The second-order valence-corrected chi connectivity index (χ2v) is 41.7. The fraction of sp³-hybridized carbons (Fsp3) is 0.378. The topological polar surface area (TPSA) is 401 Å². The smallest absolute Gasteiger partial charge is 1.00 e. The van der Waals surface area contributed by atoms with Crippen molar-refractivity contribution in [3.8, 4) is 0 Å². The maximum absolute atomic E-state index is 13.9. The van der Waals surface area contributed by atoms with Crippen LogP contribution in [0.2, 0.25) is 0 Å². The van der Waals surface area contributed by atoms with Crippen LogP contribution in [0.25, 0.3) is 0 Å². The number of benzene rings is 4. The number of nitrogens with one attached hydrogen (secondary N) is 2. The molecule has 741 valence electrons. The number of fused-ring (bicyclic) bond motifs is 2. The van der Waals surface area contributed by atoms with Crippen molar-refractivity contribution in [2.75, 3.05) is 95.8 Å². The molecule has 2 saturated heterocycles. The number of nitrogens with zero attached hydrogens (tertiary/aromatic N) is 10. The van der Waals surface area contributed by atoms with Crippen molar-refractivity contribution < 1.29 is 174 Å². The van der Waals surface area contributed by atoms with Gasteiger partial charge in [-0.15, -0.1) is 45.3 Å². The van der Waals surface area contributed by atoms with Gasteiger partial charge in [0.05, 0.1) is 88.6 Å². The van der Waals surface area contributed by atoms with Crippen molar-refractivity contribution in [3.05, 3.63) is 248 Å². The van der Waals surface area contributed by atoms with E-state index < -0.39 is 116 Å². The predicted molar refractivity (Wildman–Crippen MR) is 534 cm³/mol. The van der Waals surface area contributed by atoms with Crippen LogP contribution >= 0.6 is 125 Å². The maximum Gasteiger partial charge on any atom is 1.00 e. The number of hydrogen-bond donors (Lipinski definition) is 2. The molecule has 6 aliphatic heterocycles. The normalized spacial score (nSPS) is 17.3. The van der Waals surface area contributed by atoms with Crippen molar-refractivity contribution in [1.29, 1.82) is 0 Å². The molecular formula is C90H96BBr5F5N12Na2O19S6. The Bertz CT molecular complexity index is 6070. The quantitative estimate of drug-likeness (QED) is 0.0105. The molecule has 10 heterocycles. The molecule has 8 aromatic rings. The summed E-state index contributed by atoms with van der Waals surface area (Å²) < 4.78 is 156. The van der Waals surface area contributed by atoms with Gasteiger partial charge in [-0.25, -0.2) is 73.5 Å². The van der Waals surface area contributed by atoms with E-state index in [-0.39, 0.29) is 169 Å². The minimum Gasteiger partial charge on any atom is -1.00 e. The van der Waals surface area contributed by atoms with E-state index in [1.807, 2.05) is 25.9 Å². The predicted octanol–water partition coefficient (Wildman–Crippen LogP) is 10.9. The van der Waals surface area contributed by atoms with Gasteiger partial charge in [-0.3, -0.25) is 43.5 Å². The Balaban J connectivity index is 0.000000379. The van der Waals surface area contributed by atoms with Crippen LogP contribution in [0.5, 0.6) is 0 Å².